The summed E-state index contributed by atoms with van der Waals surface area (Å²) in [6.07, 6.45) is 1.65. The van der Waals surface area contributed by atoms with E-state index < -0.39 is 17.7 Å². The predicted molar refractivity (Wildman–Crippen MR) is 72.2 cm³/mol. The molecular formula is C13H12BrF2N3. The van der Waals surface area contributed by atoms with E-state index in [1.165, 1.54) is 6.07 Å². The van der Waals surface area contributed by atoms with Crippen LogP contribution in [0.2, 0.25) is 0 Å². The summed E-state index contributed by atoms with van der Waals surface area (Å²) in [5, 5.41) is 0. The first-order valence-corrected chi connectivity index (χ1v) is 6.36. The lowest BCUT2D eigenvalue weighted by Gasteiger charge is -2.18. The highest BCUT2D eigenvalue weighted by atomic mass is 79.9. The van der Waals surface area contributed by atoms with E-state index in [9.17, 15) is 8.78 Å². The number of hydrazine groups is 1. The normalized spacial score (nSPS) is 12.5. The van der Waals surface area contributed by atoms with Crippen LogP contribution in [-0.4, -0.2) is 4.98 Å². The zero-order valence-electron chi connectivity index (χ0n) is 10.1. The van der Waals surface area contributed by atoms with Crippen molar-refractivity contribution in [3.05, 3.63) is 63.4 Å². The van der Waals surface area contributed by atoms with Gasteiger partial charge in [0.05, 0.1) is 10.5 Å². The molecule has 0 aliphatic rings. The molecule has 0 amide bonds. The van der Waals surface area contributed by atoms with Crippen LogP contribution in [0.3, 0.4) is 0 Å². The molecule has 0 saturated heterocycles. The summed E-state index contributed by atoms with van der Waals surface area (Å²) in [6, 6.07) is 5.74. The SMILES string of the molecule is Cc1ccc(C(NN)c2ccc(F)c(F)c2Br)cn1. The smallest absolute Gasteiger partial charge is 0.173 e. The highest BCUT2D eigenvalue weighted by molar-refractivity contribution is 9.10. The van der Waals surface area contributed by atoms with Crippen molar-refractivity contribution in [3.63, 3.8) is 0 Å². The minimum atomic E-state index is -0.933. The van der Waals surface area contributed by atoms with Crippen LogP contribution >= 0.6 is 15.9 Å². The fraction of sp³-hybridized carbons (Fsp3) is 0.154. The number of nitrogens with one attached hydrogen (secondary N) is 1. The summed E-state index contributed by atoms with van der Waals surface area (Å²) in [4.78, 5) is 4.16. The highest BCUT2D eigenvalue weighted by Crippen LogP contribution is 2.31. The average Bonchev–Trinajstić information content (AvgIpc) is 2.41. The molecule has 0 aliphatic heterocycles. The molecule has 1 unspecified atom stereocenters. The van der Waals surface area contributed by atoms with Gasteiger partial charge in [-0.15, -0.1) is 0 Å². The molecule has 100 valence electrons. The number of nitrogens with zero attached hydrogens (tertiary/aromatic N) is 1. The monoisotopic (exact) mass is 327 g/mol. The van der Waals surface area contributed by atoms with E-state index in [4.69, 9.17) is 5.84 Å². The first kappa shape index (κ1) is 14.0. The zero-order valence-corrected chi connectivity index (χ0v) is 11.7. The van der Waals surface area contributed by atoms with Gasteiger partial charge in [0.25, 0.3) is 0 Å². The van der Waals surface area contributed by atoms with E-state index in [0.717, 1.165) is 17.3 Å². The Morgan fingerprint density at radius 2 is 2.00 bits per heavy atom. The molecule has 2 aromatic rings. The molecular weight excluding hydrogens is 316 g/mol. The van der Waals surface area contributed by atoms with Crippen molar-refractivity contribution < 1.29 is 8.78 Å². The molecule has 0 spiro atoms. The number of aromatic nitrogens is 1. The number of hydrogen-bond acceptors (Lipinski definition) is 3. The Kier molecular flexibility index (Phi) is 4.24. The molecule has 0 radical (unpaired) electrons. The van der Waals surface area contributed by atoms with Crippen molar-refractivity contribution in [1.29, 1.82) is 0 Å². The van der Waals surface area contributed by atoms with Gasteiger partial charge in [0.2, 0.25) is 0 Å². The van der Waals surface area contributed by atoms with Crippen LogP contribution in [0.1, 0.15) is 22.9 Å². The molecule has 2 rings (SSSR count). The maximum Gasteiger partial charge on any atom is 0.173 e. The van der Waals surface area contributed by atoms with Crippen LogP contribution in [0, 0.1) is 18.6 Å². The van der Waals surface area contributed by atoms with E-state index in [1.54, 1.807) is 6.20 Å². The van der Waals surface area contributed by atoms with Gasteiger partial charge in [-0.05, 0) is 46.1 Å². The van der Waals surface area contributed by atoms with Gasteiger partial charge < -0.3 is 0 Å². The molecule has 1 aromatic heterocycles. The van der Waals surface area contributed by atoms with Crippen LogP contribution < -0.4 is 11.3 Å². The molecule has 6 heteroatoms. The van der Waals surface area contributed by atoms with E-state index in [1.807, 2.05) is 19.1 Å². The fourth-order valence-corrected chi connectivity index (χ4v) is 2.33. The van der Waals surface area contributed by atoms with Crippen molar-refractivity contribution >= 4 is 15.9 Å². The topological polar surface area (TPSA) is 50.9 Å². The first-order valence-electron chi connectivity index (χ1n) is 5.56. The van der Waals surface area contributed by atoms with Gasteiger partial charge in [-0.25, -0.2) is 14.2 Å². The second kappa shape index (κ2) is 5.73. The van der Waals surface area contributed by atoms with Gasteiger partial charge in [0.15, 0.2) is 11.6 Å². The van der Waals surface area contributed by atoms with Gasteiger partial charge in [-0.2, -0.15) is 0 Å². The summed E-state index contributed by atoms with van der Waals surface area (Å²) < 4.78 is 26.7. The molecule has 1 atom stereocenters. The Morgan fingerprint density at radius 3 is 2.58 bits per heavy atom. The van der Waals surface area contributed by atoms with Crippen molar-refractivity contribution in [3.8, 4) is 0 Å². The first-order chi connectivity index (χ1) is 9.04. The minimum absolute atomic E-state index is 0.0519. The van der Waals surface area contributed by atoms with E-state index >= 15 is 0 Å². The Morgan fingerprint density at radius 1 is 1.26 bits per heavy atom. The molecule has 1 heterocycles. The van der Waals surface area contributed by atoms with E-state index in [-0.39, 0.29) is 4.47 Å². The number of halogens is 3. The third kappa shape index (κ3) is 2.80. The summed E-state index contributed by atoms with van der Waals surface area (Å²) in [6.45, 7) is 1.86. The summed E-state index contributed by atoms with van der Waals surface area (Å²) in [5.41, 5.74) is 4.72. The number of rotatable bonds is 3. The molecule has 3 nitrogen and oxygen atoms in total. The Balaban J connectivity index is 2.48. The maximum atomic E-state index is 13.6. The Bertz CT molecular complexity index is 587. The molecule has 0 aliphatic carbocycles. The van der Waals surface area contributed by atoms with Gasteiger partial charge in [0, 0.05) is 11.9 Å². The number of nitrogens with two attached hydrogens (primary N) is 1. The van der Waals surface area contributed by atoms with E-state index in [0.29, 0.717) is 5.56 Å². The largest absolute Gasteiger partial charge is 0.271 e. The maximum absolute atomic E-state index is 13.6. The third-order valence-electron chi connectivity index (χ3n) is 2.81. The Labute approximate surface area is 117 Å². The highest BCUT2D eigenvalue weighted by Gasteiger charge is 2.19. The second-order valence-electron chi connectivity index (χ2n) is 4.10. The molecule has 0 saturated carbocycles. The molecule has 1 aromatic carbocycles. The zero-order chi connectivity index (χ0) is 14.0. The van der Waals surface area contributed by atoms with Crippen LogP contribution in [0.25, 0.3) is 0 Å². The summed E-state index contributed by atoms with van der Waals surface area (Å²) >= 11 is 3.05. The molecule has 0 fully saturated rings. The van der Waals surface area contributed by atoms with Crippen molar-refractivity contribution in [1.82, 2.24) is 10.4 Å². The van der Waals surface area contributed by atoms with Crippen LogP contribution in [0.5, 0.6) is 0 Å². The fourth-order valence-electron chi connectivity index (χ4n) is 1.78. The lowest BCUT2D eigenvalue weighted by Crippen LogP contribution is -2.29. The minimum Gasteiger partial charge on any atom is -0.271 e. The van der Waals surface area contributed by atoms with Crippen molar-refractivity contribution in [2.24, 2.45) is 5.84 Å². The second-order valence-corrected chi connectivity index (χ2v) is 4.89. The van der Waals surface area contributed by atoms with Crippen LogP contribution in [0.4, 0.5) is 8.78 Å². The summed E-state index contributed by atoms with van der Waals surface area (Å²) in [7, 11) is 0. The molecule has 19 heavy (non-hydrogen) atoms. The van der Waals surface area contributed by atoms with Crippen LogP contribution in [-0.2, 0) is 0 Å². The number of benzene rings is 1. The van der Waals surface area contributed by atoms with Gasteiger partial charge in [-0.1, -0.05) is 12.1 Å². The van der Waals surface area contributed by atoms with Gasteiger partial charge in [0.1, 0.15) is 0 Å². The standard InChI is InChI=1S/C13H12BrF2N3/c1-7-2-3-8(6-18-7)13(19-17)9-4-5-10(15)12(16)11(9)14/h2-6,13,19H,17H2,1H3. The van der Waals surface area contributed by atoms with Crippen molar-refractivity contribution in [2.45, 2.75) is 13.0 Å². The third-order valence-corrected chi connectivity index (χ3v) is 3.62. The predicted octanol–water partition coefficient (Wildman–Crippen LogP) is 2.98. The number of aryl methyl sites for hydroxylation is 1. The summed E-state index contributed by atoms with van der Waals surface area (Å²) in [5.74, 6) is 3.68. The lowest BCUT2D eigenvalue weighted by atomic mass is 10.0. The lowest BCUT2D eigenvalue weighted by molar-refractivity contribution is 0.498. The average molecular weight is 328 g/mol. The van der Waals surface area contributed by atoms with Crippen molar-refractivity contribution in [2.75, 3.05) is 0 Å². The molecule has 0 bridgehead atoms. The quantitative estimate of drug-likeness (QED) is 0.517. The van der Waals surface area contributed by atoms with Gasteiger partial charge >= 0.3 is 0 Å². The van der Waals surface area contributed by atoms with Gasteiger partial charge in [-0.3, -0.25) is 10.8 Å². The van der Waals surface area contributed by atoms with E-state index in [2.05, 4.69) is 26.3 Å². The Hall–Kier alpha value is -1.37. The number of pyridine rings is 1. The van der Waals surface area contributed by atoms with Crippen LogP contribution in [0.15, 0.2) is 34.9 Å². The molecule has 3 N–H and O–H groups in total. The number of hydrogen-bond donors (Lipinski definition) is 2.